The first kappa shape index (κ1) is 18.5. The molecule has 3 nitrogen and oxygen atoms in total. The predicted octanol–water partition coefficient (Wildman–Crippen LogP) is 4.75. The van der Waals surface area contributed by atoms with Crippen molar-refractivity contribution in [2.45, 2.75) is 72.8 Å². The summed E-state index contributed by atoms with van der Waals surface area (Å²) in [5.74, 6) is 1.15. The van der Waals surface area contributed by atoms with Crippen LogP contribution in [0, 0.1) is 23.2 Å². The van der Waals surface area contributed by atoms with E-state index in [1.807, 2.05) is 0 Å². The summed E-state index contributed by atoms with van der Waals surface area (Å²) in [5, 5.41) is 0. The van der Waals surface area contributed by atoms with Crippen molar-refractivity contribution in [2.24, 2.45) is 23.2 Å². The molecule has 0 aromatic heterocycles. The number of esters is 1. The molecule has 0 aromatic carbocycles. The quantitative estimate of drug-likeness (QED) is 0.385. The molecule has 2 bridgehead atoms. The van der Waals surface area contributed by atoms with E-state index < -0.39 is 0 Å². The molecule has 1 aliphatic heterocycles. The molecule has 0 radical (unpaired) electrons. The maximum Gasteiger partial charge on any atom is 0.302 e. The summed E-state index contributed by atoms with van der Waals surface area (Å²) in [4.78, 5) is 11.3. The average Bonchev–Trinajstić information content (AvgIpc) is 2.49. The van der Waals surface area contributed by atoms with Crippen molar-refractivity contribution < 1.29 is 14.3 Å². The second-order valence-corrected chi connectivity index (χ2v) is 7.73. The Morgan fingerprint density at radius 3 is 2.74 bits per heavy atom. The summed E-state index contributed by atoms with van der Waals surface area (Å²) in [6, 6.07) is 0. The van der Waals surface area contributed by atoms with Gasteiger partial charge in [0.25, 0.3) is 0 Å². The van der Waals surface area contributed by atoms with E-state index >= 15 is 0 Å². The van der Waals surface area contributed by atoms with E-state index in [4.69, 9.17) is 9.47 Å². The van der Waals surface area contributed by atoms with Gasteiger partial charge in [-0.25, -0.2) is 0 Å². The molecule has 0 saturated carbocycles. The monoisotopic (exact) mass is 322 g/mol. The normalized spacial score (nSPS) is 36.5. The van der Waals surface area contributed by atoms with Crippen LogP contribution < -0.4 is 0 Å². The molecule has 1 heterocycles. The Morgan fingerprint density at radius 1 is 1.35 bits per heavy atom. The van der Waals surface area contributed by atoms with E-state index in [1.165, 1.54) is 38.2 Å². The Labute approximate surface area is 141 Å². The van der Waals surface area contributed by atoms with Crippen molar-refractivity contribution >= 4 is 5.97 Å². The third kappa shape index (κ3) is 3.81. The van der Waals surface area contributed by atoms with E-state index in [-0.39, 0.29) is 11.4 Å². The summed E-state index contributed by atoms with van der Waals surface area (Å²) in [7, 11) is 0. The zero-order valence-electron chi connectivity index (χ0n) is 15.6. The molecule has 0 aromatic rings. The zero-order valence-corrected chi connectivity index (χ0v) is 15.6. The highest BCUT2D eigenvalue weighted by atomic mass is 16.5. The number of allylic oxidation sites excluding steroid dienone is 1. The molecule has 0 spiro atoms. The Morgan fingerprint density at radius 2 is 2.09 bits per heavy atom. The lowest BCUT2D eigenvalue weighted by molar-refractivity contribution is -0.180. The van der Waals surface area contributed by atoms with E-state index in [1.54, 1.807) is 0 Å². The van der Waals surface area contributed by atoms with Gasteiger partial charge in [0.05, 0.1) is 19.3 Å². The third-order valence-electron chi connectivity index (χ3n) is 6.24. The summed E-state index contributed by atoms with van der Waals surface area (Å²) >= 11 is 0. The van der Waals surface area contributed by atoms with Crippen molar-refractivity contribution in [1.29, 1.82) is 0 Å². The number of fused-ring (bicyclic) bond motifs is 2. The number of hydrogen-bond acceptors (Lipinski definition) is 3. The molecule has 5 atom stereocenters. The number of rotatable bonds is 7. The number of carbonyl (C=O) groups is 1. The van der Waals surface area contributed by atoms with Gasteiger partial charge >= 0.3 is 5.97 Å². The van der Waals surface area contributed by atoms with Crippen LogP contribution in [0.25, 0.3) is 0 Å². The Kier molecular flexibility index (Phi) is 6.30. The minimum absolute atomic E-state index is 0.0598. The zero-order chi connectivity index (χ0) is 17.0. The van der Waals surface area contributed by atoms with Gasteiger partial charge in [-0.3, -0.25) is 4.79 Å². The smallest absolute Gasteiger partial charge is 0.302 e. The van der Waals surface area contributed by atoms with Gasteiger partial charge in [0.2, 0.25) is 0 Å². The van der Waals surface area contributed by atoms with Crippen LogP contribution in [-0.4, -0.2) is 25.3 Å². The standard InChI is InChI=1S/C20H34O3/c1-6-7-8-9-10-18-19-14(2)11-15(3)20(13-23-18,16(19)4)12-22-17(5)21/h11,15-16,18-19H,6-10,12-13H2,1-5H3/t15-,16+,18-,19-,20-/m0/s1. The summed E-state index contributed by atoms with van der Waals surface area (Å²) in [5.41, 5.74) is 1.40. The number of unbranched alkanes of at least 4 members (excludes halogenated alkanes) is 3. The Bertz CT molecular complexity index is 442. The first-order chi connectivity index (χ1) is 10.9. The van der Waals surface area contributed by atoms with Gasteiger partial charge in [0, 0.05) is 18.3 Å². The topological polar surface area (TPSA) is 35.5 Å². The second kappa shape index (κ2) is 7.83. The van der Waals surface area contributed by atoms with E-state index in [0.717, 1.165) is 6.42 Å². The van der Waals surface area contributed by atoms with Crippen LogP contribution >= 0.6 is 0 Å². The summed E-state index contributed by atoms with van der Waals surface area (Å²) in [6.07, 6.45) is 9.02. The molecule has 132 valence electrons. The highest BCUT2D eigenvalue weighted by Gasteiger charge is 2.53. The number of carbonyl (C=O) groups excluding carboxylic acids is 1. The van der Waals surface area contributed by atoms with Crippen molar-refractivity contribution in [3.63, 3.8) is 0 Å². The van der Waals surface area contributed by atoms with E-state index in [2.05, 4.69) is 33.8 Å². The minimum Gasteiger partial charge on any atom is -0.465 e. The lowest BCUT2D eigenvalue weighted by atomic mass is 9.56. The fourth-order valence-electron chi connectivity index (χ4n) is 4.66. The second-order valence-electron chi connectivity index (χ2n) is 7.73. The minimum atomic E-state index is -0.191. The van der Waals surface area contributed by atoms with Gasteiger partial charge in [-0.2, -0.15) is 0 Å². The molecular weight excluding hydrogens is 288 g/mol. The number of ether oxygens (including phenoxy) is 2. The van der Waals surface area contributed by atoms with Crippen LogP contribution in [0.3, 0.4) is 0 Å². The molecule has 2 rings (SSSR count). The predicted molar refractivity (Wildman–Crippen MR) is 93.1 cm³/mol. The van der Waals surface area contributed by atoms with Gasteiger partial charge < -0.3 is 9.47 Å². The molecule has 23 heavy (non-hydrogen) atoms. The van der Waals surface area contributed by atoms with Crippen LogP contribution in [0.1, 0.15) is 66.7 Å². The first-order valence-corrected chi connectivity index (χ1v) is 9.35. The van der Waals surface area contributed by atoms with Crippen LogP contribution in [-0.2, 0) is 14.3 Å². The van der Waals surface area contributed by atoms with Crippen LogP contribution in [0.5, 0.6) is 0 Å². The highest BCUT2D eigenvalue weighted by molar-refractivity contribution is 5.65. The van der Waals surface area contributed by atoms with Gasteiger partial charge in [-0.1, -0.05) is 58.1 Å². The Balaban J connectivity index is 2.11. The third-order valence-corrected chi connectivity index (χ3v) is 6.24. The summed E-state index contributed by atoms with van der Waals surface area (Å²) < 4.78 is 11.8. The van der Waals surface area contributed by atoms with Gasteiger partial charge in [0.15, 0.2) is 0 Å². The Hall–Kier alpha value is -0.830. The van der Waals surface area contributed by atoms with E-state index in [9.17, 15) is 4.79 Å². The van der Waals surface area contributed by atoms with Crippen LogP contribution in [0.4, 0.5) is 0 Å². The molecule has 1 aliphatic carbocycles. The molecule has 0 amide bonds. The molecule has 0 unspecified atom stereocenters. The van der Waals surface area contributed by atoms with E-state index in [0.29, 0.717) is 37.1 Å². The molecule has 1 saturated heterocycles. The molecular formula is C20H34O3. The summed E-state index contributed by atoms with van der Waals surface area (Å²) in [6.45, 7) is 11.8. The van der Waals surface area contributed by atoms with Gasteiger partial charge in [0.1, 0.15) is 0 Å². The van der Waals surface area contributed by atoms with Gasteiger partial charge in [-0.05, 0) is 25.2 Å². The molecule has 1 fully saturated rings. The fraction of sp³-hybridized carbons (Fsp3) is 0.850. The van der Waals surface area contributed by atoms with Crippen molar-refractivity contribution in [2.75, 3.05) is 13.2 Å². The van der Waals surface area contributed by atoms with Gasteiger partial charge in [-0.15, -0.1) is 0 Å². The van der Waals surface area contributed by atoms with Crippen LogP contribution in [0.2, 0.25) is 0 Å². The lowest BCUT2D eigenvalue weighted by Crippen LogP contribution is -2.56. The molecule has 2 aliphatic rings. The van der Waals surface area contributed by atoms with Crippen molar-refractivity contribution in [1.82, 2.24) is 0 Å². The number of hydrogen-bond donors (Lipinski definition) is 0. The highest BCUT2D eigenvalue weighted by Crippen LogP contribution is 2.53. The molecule has 0 N–H and O–H groups in total. The molecule has 3 heteroatoms. The van der Waals surface area contributed by atoms with Crippen LogP contribution in [0.15, 0.2) is 11.6 Å². The largest absolute Gasteiger partial charge is 0.465 e. The average molecular weight is 322 g/mol. The first-order valence-electron chi connectivity index (χ1n) is 9.35. The maximum absolute atomic E-state index is 11.3. The fourth-order valence-corrected chi connectivity index (χ4v) is 4.66. The van der Waals surface area contributed by atoms with Crippen molar-refractivity contribution in [3.05, 3.63) is 11.6 Å². The van der Waals surface area contributed by atoms with Crippen molar-refractivity contribution in [3.8, 4) is 0 Å². The SMILES string of the molecule is CCCCCC[C@@H]1OC[C@]2(COC(C)=O)[C@H](C)[C@@H]1C(C)=C[C@@H]2C. The lowest BCUT2D eigenvalue weighted by Gasteiger charge is -2.55. The maximum atomic E-state index is 11.3.